The molecule has 3 aliphatic rings. The van der Waals surface area contributed by atoms with Crippen LogP contribution in [0.25, 0.3) is 11.1 Å². The van der Waals surface area contributed by atoms with E-state index in [0.717, 1.165) is 47.9 Å². The number of rotatable bonds is 9. The van der Waals surface area contributed by atoms with Crippen LogP contribution in [-0.2, 0) is 14.3 Å². The third kappa shape index (κ3) is 4.90. The first kappa shape index (κ1) is 23.4. The van der Waals surface area contributed by atoms with Gasteiger partial charge in [0.15, 0.2) is 0 Å². The average molecular weight is 477 g/mol. The van der Waals surface area contributed by atoms with E-state index in [1.165, 1.54) is 0 Å². The molecule has 0 spiro atoms. The first-order valence-electron chi connectivity index (χ1n) is 12.6. The summed E-state index contributed by atoms with van der Waals surface area (Å²) in [5, 5.41) is 15.1. The topological polar surface area (TPSA) is 105 Å². The number of carboxylic acids is 1. The lowest BCUT2D eigenvalue weighted by atomic mass is 9.93. The van der Waals surface area contributed by atoms with Crippen molar-refractivity contribution in [3.63, 3.8) is 0 Å². The van der Waals surface area contributed by atoms with Gasteiger partial charge in [0.05, 0.1) is 5.92 Å². The van der Waals surface area contributed by atoms with Crippen LogP contribution in [0.2, 0.25) is 0 Å². The van der Waals surface area contributed by atoms with Crippen LogP contribution in [0.3, 0.4) is 0 Å². The van der Waals surface area contributed by atoms with Crippen LogP contribution in [0.1, 0.15) is 62.0 Å². The zero-order valence-electron chi connectivity index (χ0n) is 19.8. The molecule has 184 valence electrons. The molecule has 0 aromatic heterocycles. The number of ether oxygens (including phenoxy) is 1. The third-order valence-corrected chi connectivity index (χ3v) is 7.82. The van der Waals surface area contributed by atoms with E-state index in [4.69, 9.17) is 4.74 Å². The van der Waals surface area contributed by atoms with E-state index in [1.54, 1.807) is 0 Å². The van der Waals surface area contributed by atoms with Crippen LogP contribution in [-0.4, -0.2) is 41.8 Å². The molecule has 0 radical (unpaired) electrons. The quantitative estimate of drug-likeness (QED) is 0.496. The molecule has 0 saturated heterocycles. The number of nitrogens with one attached hydrogen (secondary N) is 2. The molecule has 1 unspecified atom stereocenters. The normalized spacial score (nSPS) is 18.9. The molecule has 0 bridgehead atoms. The van der Waals surface area contributed by atoms with Gasteiger partial charge in [-0.05, 0) is 47.4 Å². The molecule has 3 aliphatic carbocycles. The lowest BCUT2D eigenvalue weighted by molar-refractivity contribution is -0.142. The maximum Gasteiger partial charge on any atom is 0.408 e. The number of hydrogen-bond acceptors (Lipinski definition) is 4. The SMILES string of the molecule is O=C(NC1(C(=O)NCC(CC2CCCC2)C(=O)O)CC1)OCC1c2ccccc2-c2ccccc21. The lowest BCUT2D eigenvalue weighted by Crippen LogP contribution is -2.50. The number of fused-ring (bicyclic) bond motifs is 3. The molecule has 2 amide bonds. The molecule has 1 atom stereocenters. The molecule has 2 saturated carbocycles. The smallest absolute Gasteiger partial charge is 0.408 e. The Balaban J connectivity index is 1.15. The molecular formula is C28H32N2O5. The van der Waals surface area contributed by atoms with E-state index in [2.05, 4.69) is 34.9 Å². The van der Waals surface area contributed by atoms with Gasteiger partial charge in [-0.15, -0.1) is 0 Å². The van der Waals surface area contributed by atoms with Gasteiger partial charge in [-0.2, -0.15) is 0 Å². The summed E-state index contributed by atoms with van der Waals surface area (Å²) in [5.74, 6) is -1.45. The number of aliphatic carboxylic acids is 1. The number of hydrogen-bond donors (Lipinski definition) is 3. The summed E-state index contributed by atoms with van der Waals surface area (Å²) in [6.45, 7) is 0.263. The van der Waals surface area contributed by atoms with Crippen LogP contribution < -0.4 is 10.6 Å². The highest BCUT2D eigenvalue weighted by atomic mass is 16.5. The molecule has 2 aromatic carbocycles. The Kier molecular flexibility index (Phi) is 6.50. The third-order valence-electron chi connectivity index (χ3n) is 7.82. The van der Waals surface area contributed by atoms with E-state index in [1.807, 2.05) is 24.3 Å². The first-order valence-corrected chi connectivity index (χ1v) is 12.6. The molecule has 5 rings (SSSR count). The molecule has 2 fully saturated rings. The Bertz CT molecular complexity index is 1070. The number of alkyl carbamates (subject to hydrolysis) is 1. The second-order valence-corrected chi connectivity index (χ2v) is 10.2. The summed E-state index contributed by atoms with van der Waals surface area (Å²) < 4.78 is 5.59. The molecule has 0 heterocycles. The van der Waals surface area contributed by atoms with E-state index in [-0.39, 0.29) is 25.0 Å². The van der Waals surface area contributed by atoms with Crippen LogP contribution in [0, 0.1) is 11.8 Å². The molecule has 7 heteroatoms. The Hall–Kier alpha value is -3.35. The minimum atomic E-state index is -1.00. The van der Waals surface area contributed by atoms with Crippen molar-refractivity contribution in [1.82, 2.24) is 10.6 Å². The summed E-state index contributed by atoms with van der Waals surface area (Å²) in [5.41, 5.74) is 3.56. The predicted octanol–water partition coefficient (Wildman–Crippen LogP) is 4.46. The fourth-order valence-corrected chi connectivity index (χ4v) is 5.67. The van der Waals surface area contributed by atoms with Crippen molar-refractivity contribution < 1.29 is 24.2 Å². The lowest BCUT2D eigenvalue weighted by Gasteiger charge is -2.21. The number of carbonyl (C=O) groups is 3. The number of benzene rings is 2. The molecule has 35 heavy (non-hydrogen) atoms. The maximum absolute atomic E-state index is 12.8. The Labute approximate surface area is 205 Å². The molecule has 0 aliphatic heterocycles. The summed E-state index contributed by atoms with van der Waals surface area (Å²) in [6.07, 6.45) is 5.42. The summed E-state index contributed by atoms with van der Waals surface area (Å²) in [7, 11) is 0. The van der Waals surface area contributed by atoms with Crippen LogP contribution >= 0.6 is 0 Å². The predicted molar refractivity (Wildman–Crippen MR) is 131 cm³/mol. The van der Waals surface area contributed by atoms with Crippen molar-refractivity contribution in [2.75, 3.05) is 13.2 Å². The largest absolute Gasteiger partial charge is 0.481 e. The van der Waals surface area contributed by atoms with Gasteiger partial charge in [0, 0.05) is 12.5 Å². The van der Waals surface area contributed by atoms with Gasteiger partial charge in [0.1, 0.15) is 12.1 Å². The molecule has 2 aromatic rings. The van der Waals surface area contributed by atoms with Gasteiger partial charge < -0.3 is 20.5 Å². The highest BCUT2D eigenvalue weighted by Crippen LogP contribution is 2.44. The summed E-state index contributed by atoms with van der Waals surface area (Å²) in [6, 6.07) is 16.2. The Morgan fingerprint density at radius 1 is 0.971 bits per heavy atom. The van der Waals surface area contributed by atoms with Crippen LogP contribution in [0.4, 0.5) is 4.79 Å². The minimum Gasteiger partial charge on any atom is -0.481 e. The summed E-state index contributed by atoms with van der Waals surface area (Å²) >= 11 is 0. The highest BCUT2D eigenvalue weighted by molar-refractivity contribution is 5.93. The number of amides is 2. The molecule has 3 N–H and O–H groups in total. The van der Waals surface area contributed by atoms with Gasteiger partial charge in [0.25, 0.3) is 0 Å². The van der Waals surface area contributed by atoms with Gasteiger partial charge >= 0.3 is 12.1 Å². The zero-order chi connectivity index (χ0) is 24.4. The first-order chi connectivity index (χ1) is 17.0. The summed E-state index contributed by atoms with van der Waals surface area (Å²) in [4.78, 5) is 37.2. The monoisotopic (exact) mass is 476 g/mol. The van der Waals surface area contributed by atoms with Crippen molar-refractivity contribution in [3.8, 4) is 11.1 Å². The van der Waals surface area contributed by atoms with E-state index in [9.17, 15) is 19.5 Å². The zero-order valence-corrected chi connectivity index (χ0v) is 19.8. The van der Waals surface area contributed by atoms with Gasteiger partial charge in [-0.25, -0.2) is 4.79 Å². The Morgan fingerprint density at radius 3 is 2.14 bits per heavy atom. The second-order valence-electron chi connectivity index (χ2n) is 10.2. The minimum absolute atomic E-state index is 0.0518. The van der Waals surface area contributed by atoms with Gasteiger partial charge in [-0.3, -0.25) is 9.59 Å². The van der Waals surface area contributed by atoms with Crippen molar-refractivity contribution in [2.45, 2.75) is 56.4 Å². The van der Waals surface area contributed by atoms with Crippen LogP contribution in [0.5, 0.6) is 0 Å². The fraction of sp³-hybridized carbons (Fsp3) is 0.464. The second kappa shape index (κ2) is 9.72. The Morgan fingerprint density at radius 2 is 1.57 bits per heavy atom. The number of carbonyl (C=O) groups excluding carboxylic acids is 2. The maximum atomic E-state index is 12.8. The van der Waals surface area contributed by atoms with Gasteiger partial charge in [0.2, 0.25) is 5.91 Å². The average Bonchev–Trinajstić information content (AvgIpc) is 3.32. The van der Waals surface area contributed by atoms with Crippen molar-refractivity contribution in [3.05, 3.63) is 59.7 Å². The van der Waals surface area contributed by atoms with Crippen molar-refractivity contribution in [1.29, 1.82) is 0 Å². The van der Waals surface area contributed by atoms with Crippen LogP contribution in [0.15, 0.2) is 48.5 Å². The number of carboxylic acid groups (broad SMARTS) is 1. The van der Waals surface area contributed by atoms with Gasteiger partial charge in [-0.1, -0.05) is 74.2 Å². The fourth-order valence-electron chi connectivity index (χ4n) is 5.67. The molecular weight excluding hydrogens is 444 g/mol. The van der Waals surface area contributed by atoms with E-state index < -0.39 is 23.5 Å². The highest BCUT2D eigenvalue weighted by Gasteiger charge is 2.52. The van der Waals surface area contributed by atoms with Crippen molar-refractivity contribution in [2.24, 2.45) is 11.8 Å². The van der Waals surface area contributed by atoms with Crippen molar-refractivity contribution >= 4 is 18.0 Å². The van der Waals surface area contributed by atoms with E-state index in [0.29, 0.717) is 25.2 Å². The molecule has 7 nitrogen and oxygen atoms in total. The standard InChI is InChI=1S/C28H32N2O5/c31-25(32)19(15-18-7-1-2-8-18)16-29-26(33)28(13-14-28)30-27(34)35-17-24-22-11-5-3-9-20(22)21-10-4-6-12-23(21)24/h3-6,9-12,18-19,24H,1-2,7-8,13-17H2,(H,29,33)(H,30,34)(H,31,32). The van der Waals surface area contributed by atoms with E-state index >= 15 is 0 Å².